The van der Waals surface area contributed by atoms with Gasteiger partial charge in [0.25, 0.3) is 5.91 Å². The number of hydroxylamine groups is 1. The molecular weight excluding hydrogens is 386 g/mol. The standard InChI is InChI=1S/C26H23N3O2/c30-25(28-31)15-14-21-10-7-13-23(18-21)26-27-19-24(22-11-5-2-6-12-22)29(26)17-16-20-8-3-1-4-9-20/h1-15,18-19,31H,16-17H2,(H,28,30)/b15-14+. The summed E-state index contributed by atoms with van der Waals surface area (Å²) in [6, 6.07) is 28.5. The molecule has 4 rings (SSSR count). The third kappa shape index (κ3) is 4.97. The van der Waals surface area contributed by atoms with Gasteiger partial charge in [0.05, 0.1) is 11.9 Å². The maximum atomic E-state index is 11.3. The molecule has 0 atom stereocenters. The zero-order chi connectivity index (χ0) is 21.5. The zero-order valence-electron chi connectivity index (χ0n) is 17.0. The van der Waals surface area contributed by atoms with Crippen molar-refractivity contribution in [1.29, 1.82) is 0 Å². The molecule has 0 radical (unpaired) electrons. The first-order chi connectivity index (χ1) is 15.2. The van der Waals surface area contributed by atoms with Gasteiger partial charge < -0.3 is 4.57 Å². The van der Waals surface area contributed by atoms with E-state index in [0.29, 0.717) is 0 Å². The Morgan fingerprint density at radius 2 is 1.65 bits per heavy atom. The van der Waals surface area contributed by atoms with E-state index in [1.807, 2.05) is 54.7 Å². The quantitative estimate of drug-likeness (QED) is 0.257. The summed E-state index contributed by atoms with van der Waals surface area (Å²) >= 11 is 0. The van der Waals surface area contributed by atoms with Crippen molar-refractivity contribution >= 4 is 12.0 Å². The van der Waals surface area contributed by atoms with Gasteiger partial charge in [-0.25, -0.2) is 10.5 Å². The van der Waals surface area contributed by atoms with E-state index in [-0.39, 0.29) is 0 Å². The fourth-order valence-electron chi connectivity index (χ4n) is 3.55. The van der Waals surface area contributed by atoms with E-state index >= 15 is 0 Å². The van der Waals surface area contributed by atoms with Gasteiger partial charge in [-0.15, -0.1) is 0 Å². The van der Waals surface area contributed by atoms with Crippen LogP contribution in [0.4, 0.5) is 0 Å². The summed E-state index contributed by atoms with van der Waals surface area (Å²) in [5.74, 6) is 0.303. The molecule has 4 aromatic rings. The molecular formula is C26H23N3O2. The van der Waals surface area contributed by atoms with E-state index in [4.69, 9.17) is 10.2 Å². The van der Waals surface area contributed by atoms with Crippen molar-refractivity contribution in [3.8, 4) is 22.6 Å². The van der Waals surface area contributed by atoms with Gasteiger partial charge in [0.15, 0.2) is 0 Å². The number of carbonyl (C=O) groups excluding carboxylic acids is 1. The van der Waals surface area contributed by atoms with Crippen LogP contribution in [0.25, 0.3) is 28.7 Å². The van der Waals surface area contributed by atoms with Crippen molar-refractivity contribution in [3.05, 3.63) is 108 Å². The summed E-state index contributed by atoms with van der Waals surface area (Å²) in [6.45, 7) is 0.788. The summed E-state index contributed by atoms with van der Waals surface area (Å²) < 4.78 is 2.24. The Morgan fingerprint density at radius 3 is 2.39 bits per heavy atom. The van der Waals surface area contributed by atoms with Crippen LogP contribution in [-0.4, -0.2) is 20.7 Å². The maximum absolute atomic E-state index is 11.3. The Labute approximate surface area is 181 Å². The highest BCUT2D eigenvalue weighted by Gasteiger charge is 2.14. The molecule has 1 aromatic heterocycles. The predicted octanol–water partition coefficient (Wildman–Crippen LogP) is 4.98. The molecule has 31 heavy (non-hydrogen) atoms. The number of amides is 1. The van der Waals surface area contributed by atoms with Crippen LogP contribution in [0.1, 0.15) is 11.1 Å². The van der Waals surface area contributed by atoms with Crippen LogP contribution in [0.15, 0.2) is 97.2 Å². The van der Waals surface area contributed by atoms with E-state index in [2.05, 4.69) is 41.0 Å². The molecule has 2 N–H and O–H groups in total. The molecule has 0 bridgehead atoms. The molecule has 0 saturated heterocycles. The van der Waals surface area contributed by atoms with Crippen LogP contribution < -0.4 is 5.48 Å². The Morgan fingerprint density at radius 1 is 0.935 bits per heavy atom. The second-order valence-corrected chi connectivity index (χ2v) is 7.16. The first-order valence-corrected chi connectivity index (χ1v) is 10.1. The lowest BCUT2D eigenvalue weighted by molar-refractivity contribution is -0.124. The van der Waals surface area contributed by atoms with Gasteiger partial charge in [0.2, 0.25) is 0 Å². The number of hydrogen-bond donors (Lipinski definition) is 2. The lowest BCUT2D eigenvalue weighted by atomic mass is 10.1. The van der Waals surface area contributed by atoms with Gasteiger partial charge in [0, 0.05) is 18.2 Å². The number of nitrogens with zero attached hydrogens (tertiary/aromatic N) is 2. The molecule has 5 heteroatoms. The second kappa shape index (κ2) is 9.69. The molecule has 0 aliphatic rings. The third-order valence-corrected chi connectivity index (χ3v) is 5.07. The molecule has 0 aliphatic heterocycles. The van der Waals surface area contributed by atoms with E-state index in [1.165, 1.54) is 11.6 Å². The molecule has 0 spiro atoms. The topological polar surface area (TPSA) is 67.2 Å². The monoisotopic (exact) mass is 409 g/mol. The number of nitrogens with one attached hydrogen (secondary N) is 1. The van der Waals surface area contributed by atoms with Crippen LogP contribution in [-0.2, 0) is 17.8 Å². The van der Waals surface area contributed by atoms with Crippen LogP contribution in [0.2, 0.25) is 0 Å². The lowest BCUT2D eigenvalue weighted by Gasteiger charge is -2.13. The summed E-state index contributed by atoms with van der Waals surface area (Å²) in [5, 5.41) is 8.68. The average molecular weight is 409 g/mol. The molecule has 1 amide bonds. The highest BCUT2D eigenvalue weighted by Crippen LogP contribution is 2.28. The Bertz CT molecular complexity index is 1180. The van der Waals surface area contributed by atoms with E-state index in [0.717, 1.165) is 41.2 Å². The number of aromatic nitrogens is 2. The molecule has 0 fully saturated rings. The molecule has 0 aliphatic carbocycles. The normalized spacial score (nSPS) is 11.0. The Kier molecular flexibility index (Phi) is 6.35. The van der Waals surface area contributed by atoms with Gasteiger partial charge in [-0.2, -0.15) is 0 Å². The van der Waals surface area contributed by atoms with E-state index in [9.17, 15) is 4.79 Å². The van der Waals surface area contributed by atoms with Gasteiger partial charge >= 0.3 is 0 Å². The van der Waals surface area contributed by atoms with Crippen molar-refractivity contribution in [3.63, 3.8) is 0 Å². The number of aryl methyl sites for hydroxylation is 1. The van der Waals surface area contributed by atoms with Crippen molar-refractivity contribution in [2.24, 2.45) is 0 Å². The maximum Gasteiger partial charge on any atom is 0.267 e. The van der Waals surface area contributed by atoms with Gasteiger partial charge in [-0.1, -0.05) is 78.9 Å². The van der Waals surface area contributed by atoms with Crippen molar-refractivity contribution < 1.29 is 10.0 Å². The second-order valence-electron chi connectivity index (χ2n) is 7.16. The van der Waals surface area contributed by atoms with E-state index < -0.39 is 5.91 Å². The van der Waals surface area contributed by atoms with Crippen LogP contribution in [0, 0.1) is 0 Å². The molecule has 0 saturated carbocycles. The summed E-state index contributed by atoms with van der Waals surface area (Å²) in [7, 11) is 0. The lowest BCUT2D eigenvalue weighted by Crippen LogP contribution is -2.14. The summed E-state index contributed by atoms with van der Waals surface area (Å²) in [5.41, 5.74) is 6.86. The predicted molar refractivity (Wildman–Crippen MR) is 122 cm³/mol. The van der Waals surface area contributed by atoms with Crippen molar-refractivity contribution in [2.45, 2.75) is 13.0 Å². The highest BCUT2D eigenvalue weighted by molar-refractivity contribution is 5.91. The molecule has 3 aromatic carbocycles. The highest BCUT2D eigenvalue weighted by atomic mass is 16.5. The first-order valence-electron chi connectivity index (χ1n) is 10.1. The van der Waals surface area contributed by atoms with Crippen LogP contribution in [0.3, 0.4) is 0 Å². The minimum Gasteiger partial charge on any atom is -0.324 e. The number of rotatable bonds is 7. The van der Waals surface area contributed by atoms with Crippen LogP contribution in [0.5, 0.6) is 0 Å². The Balaban J connectivity index is 1.71. The number of benzene rings is 3. The average Bonchev–Trinajstić information content (AvgIpc) is 3.26. The molecule has 154 valence electrons. The molecule has 5 nitrogen and oxygen atoms in total. The van der Waals surface area contributed by atoms with Crippen molar-refractivity contribution in [2.75, 3.05) is 0 Å². The van der Waals surface area contributed by atoms with E-state index in [1.54, 1.807) is 11.6 Å². The summed E-state index contributed by atoms with van der Waals surface area (Å²) in [4.78, 5) is 16.1. The Hall–Kier alpha value is -3.96. The van der Waals surface area contributed by atoms with Crippen molar-refractivity contribution in [1.82, 2.24) is 15.0 Å². The fourth-order valence-corrected chi connectivity index (χ4v) is 3.55. The van der Waals surface area contributed by atoms with Gasteiger partial charge in [-0.05, 0) is 35.3 Å². The smallest absolute Gasteiger partial charge is 0.267 e. The van der Waals surface area contributed by atoms with Gasteiger partial charge in [-0.3, -0.25) is 10.0 Å². The molecule has 0 unspecified atom stereocenters. The number of carbonyl (C=O) groups is 1. The summed E-state index contributed by atoms with van der Waals surface area (Å²) in [6.07, 6.45) is 5.75. The molecule has 1 heterocycles. The zero-order valence-corrected chi connectivity index (χ0v) is 17.0. The minimum atomic E-state index is -0.568. The fraction of sp³-hybridized carbons (Fsp3) is 0.0769. The largest absolute Gasteiger partial charge is 0.324 e. The number of hydrogen-bond acceptors (Lipinski definition) is 3. The van der Waals surface area contributed by atoms with Crippen LogP contribution >= 0.6 is 0 Å². The first kappa shape index (κ1) is 20.3. The third-order valence-electron chi connectivity index (χ3n) is 5.07. The minimum absolute atomic E-state index is 0.568. The van der Waals surface area contributed by atoms with Gasteiger partial charge in [0.1, 0.15) is 5.82 Å². The SMILES string of the molecule is O=C(/C=C/c1cccc(-c2ncc(-c3ccccc3)n2CCc2ccccc2)c1)NO. The number of imidazole rings is 1.